The van der Waals surface area contributed by atoms with Gasteiger partial charge in [0.25, 0.3) is 0 Å². The van der Waals surface area contributed by atoms with Crippen molar-refractivity contribution in [3.63, 3.8) is 0 Å². The number of carboxylic acids is 1. The van der Waals surface area contributed by atoms with Crippen molar-refractivity contribution in [1.29, 1.82) is 0 Å². The molecule has 0 bridgehead atoms. The van der Waals surface area contributed by atoms with Crippen molar-refractivity contribution >= 4 is 17.7 Å². The molecule has 0 spiro atoms. The van der Waals surface area contributed by atoms with E-state index in [9.17, 15) is 13.6 Å². The molecular weight excluding hydrogens is 246 g/mol. The van der Waals surface area contributed by atoms with Gasteiger partial charge in [-0.2, -0.15) is 0 Å². The Labute approximate surface area is 102 Å². The highest BCUT2D eigenvalue weighted by Crippen LogP contribution is 2.52. The van der Waals surface area contributed by atoms with Gasteiger partial charge in [0, 0.05) is 10.6 Å². The molecule has 0 amide bonds. The Morgan fingerprint density at radius 3 is 2.71 bits per heavy atom. The molecule has 1 aromatic carbocycles. The van der Waals surface area contributed by atoms with Crippen LogP contribution in [0.1, 0.15) is 19.3 Å². The lowest BCUT2D eigenvalue weighted by Crippen LogP contribution is -2.11. The number of thioether (sulfide) groups is 1. The van der Waals surface area contributed by atoms with Crippen molar-refractivity contribution in [2.24, 2.45) is 5.41 Å². The lowest BCUT2D eigenvalue weighted by Gasteiger charge is -2.12. The highest BCUT2D eigenvalue weighted by molar-refractivity contribution is 7.99. The van der Waals surface area contributed by atoms with Gasteiger partial charge in [0.2, 0.25) is 0 Å². The second-order valence-electron chi connectivity index (χ2n) is 4.43. The maximum absolute atomic E-state index is 13.3. The molecule has 1 N–H and O–H groups in total. The van der Waals surface area contributed by atoms with Crippen LogP contribution < -0.4 is 0 Å². The molecule has 2 rings (SSSR count). The number of carbonyl (C=O) groups is 1. The summed E-state index contributed by atoms with van der Waals surface area (Å²) in [5, 5.41) is 8.74. The van der Waals surface area contributed by atoms with Crippen molar-refractivity contribution in [2.45, 2.75) is 24.2 Å². The van der Waals surface area contributed by atoms with E-state index >= 15 is 0 Å². The smallest absolute Gasteiger partial charge is 0.303 e. The molecule has 1 aliphatic rings. The van der Waals surface area contributed by atoms with E-state index in [1.807, 2.05) is 0 Å². The number of rotatable bonds is 5. The molecule has 1 fully saturated rings. The maximum atomic E-state index is 13.3. The van der Waals surface area contributed by atoms with Crippen LogP contribution in [0.15, 0.2) is 23.1 Å². The van der Waals surface area contributed by atoms with E-state index in [4.69, 9.17) is 5.11 Å². The summed E-state index contributed by atoms with van der Waals surface area (Å²) in [6.45, 7) is 0. The molecule has 0 aromatic heterocycles. The number of aliphatic carboxylic acids is 1. The zero-order valence-corrected chi connectivity index (χ0v) is 9.90. The molecular formula is C12H12F2O2S. The van der Waals surface area contributed by atoms with Gasteiger partial charge in [0.15, 0.2) is 0 Å². The van der Waals surface area contributed by atoms with Crippen molar-refractivity contribution in [3.8, 4) is 0 Å². The second-order valence-corrected chi connectivity index (χ2v) is 5.45. The molecule has 0 saturated heterocycles. The lowest BCUT2D eigenvalue weighted by atomic mass is 10.1. The predicted octanol–water partition coefficient (Wildman–Crippen LogP) is 3.31. The third kappa shape index (κ3) is 3.19. The van der Waals surface area contributed by atoms with E-state index in [-0.39, 0.29) is 16.7 Å². The Kier molecular flexibility index (Phi) is 3.38. The second kappa shape index (κ2) is 4.64. The highest BCUT2D eigenvalue weighted by atomic mass is 32.2. The lowest BCUT2D eigenvalue weighted by molar-refractivity contribution is -0.138. The van der Waals surface area contributed by atoms with Gasteiger partial charge in [0.05, 0.1) is 6.42 Å². The van der Waals surface area contributed by atoms with E-state index in [1.165, 1.54) is 11.8 Å². The molecule has 0 unspecified atom stereocenters. The van der Waals surface area contributed by atoms with Gasteiger partial charge in [-0.1, -0.05) is 0 Å². The molecule has 17 heavy (non-hydrogen) atoms. The normalized spacial score (nSPS) is 16.8. The first-order chi connectivity index (χ1) is 8.01. The van der Waals surface area contributed by atoms with E-state index < -0.39 is 17.6 Å². The van der Waals surface area contributed by atoms with Crippen molar-refractivity contribution in [2.75, 3.05) is 5.75 Å². The van der Waals surface area contributed by atoms with Crippen LogP contribution in [0.4, 0.5) is 8.78 Å². The number of hydrogen-bond acceptors (Lipinski definition) is 2. The fourth-order valence-electron chi connectivity index (χ4n) is 1.69. The number of hydrogen-bond donors (Lipinski definition) is 1. The van der Waals surface area contributed by atoms with Crippen LogP contribution in [-0.2, 0) is 4.79 Å². The zero-order chi connectivity index (χ0) is 12.5. The van der Waals surface area contributed by atoms with Crippen LogP contribution in [0, 0.1) is 17.0 Å². The standard InChI is InChI=1S/C12H12F2O2S/c13-8-1-2-9(14)10(5-8)17-7-12(3-4-12)6-11(15)16/h1-2,5H,3-4,6-7H2,(H,15,16). The maximum Gasteiger partial charge on any atom is 0.303 e. The van der Waals surface area contributed by atoms with Gasteiger partial charge in [-0.05, 0) is 36.5 Å². The average molecular weight is 258 g/mol. The zero-order valence-electron chi connectivity index (χ0n) is 9.08. The van der Waals surface area contributed by atoms with E-state index in [0.29, 0.717) is 5.75 Å². The first-order valence-corrected chi connectivity index (χ1v) is 6.29. The van der Waals surface area contributed by atoms with Gasteiger partial charge >= 0.3 is 5.97 Å². The van der Waals surface area contributed by atoms with Crippen molar-refractivity contribution < 1.29 is 18.7 Å². The summed E-state index contributed by atoms with van der Waals surface area (Å²) in [7, 11) is 0. The van der Waals surface area contributed by atoms with Crippen LogP contribution in [0.3, 0.4) is 0 Å². The minimum Gasteiger partial charge on any atom is -0.481 e. The Hall–Kier alpha value is -1.10. The molecule has 0 aliphatic heterocycles. The molecule has 5 heteroatoms. The van der Waals surface area contributed by atoms with Gasteiger partial charge in [-0.15, -0.1) is 11.8 Å². The quantitative estimate of drug-likeness (QED) is 0.823. The first kappa shape index (κ1) is 12.4. The fraction of sp³-hybridized carbons (Fsp3) is 0.417. The summed E-state index contributed by atoms with van der Waals surface area (Å²) >= 11 is 1.19. The summed E-state index contributed by atoms with van der Waals surface area (Å²) in [5.41, 5.74) is -0.213. The van der Waals surface area contributed by atoms with Crippen LogP contribution in [0.25, 0.3) is 0 Å². The van der Waals surface area contributed by atoms with Crippen LogP contribution in [-0.4, -0.2) is 16.8 Å². The highest BCUT2D eigenvalue weighted by Gasteiger charge is 2.44. The summed E-state index contributed by atoms with van der Waals surface area (Å²) in [6, 6.07) is 3.31. The van der Waals surface area contributed by atoms with Crippen LogP contribution in [0.2, 0.25) is 0 Å². The molecule has 1 aromatic rings. The minimum atomic E-state index is -0.831. The summed E-state index contributed by atoms with van der Waals surface area (Å²) in [6.07, 6.45) is 1.81. The molecule has 2 nitrogen and oxygen atoms in total. The van der Waals surface area contributed by atoms with Gasteiger partial charge < -0.3 is 5.11 Å². The largest absolute Gasteiger partial charge is 0.481 e. The van der Waals surface area contributed by atoms with E-state index in [2.05, 4.69) is 0 Å². The number of halogens is 2. The van der Waals surface area contributed by atoms with Gasteiger partial charge in [-0.3, -0.25) is 4.79 Å². The van der Waals surface area contributed by atoms with E-state index in [0.717, 1.165) is 31.0 Å². The fourth-order valence-corrected chi connectivity index (χ4v) is 2.94. The molecule has 1 saturated carbocycles. The van der Waals surface area contributed by atoms with Crippen molar-refractivity contribution in [1.82, 2.24) is 0 Å². The molecule has 1 aliphatic carbocycles. The summed E-state index contributed by atoms with van der Waals surface area (Å²) in [4.78, 5) is 10.9. The average Bonchev–Trinajstić information content (AvgIpc) is 2.99. The van der Waals surface area contributed by atoms with Crippen LogP contribution in [0.5, 0.6) is 0 Å². The first-order valence-electron chi connectivity index (χ1n) is 5.30. The summed E-state index contributed by atoms with van der Waals surface area (Å²) < 4.78 is 26.2. The summed E-state index contributed by atoms with van der Waals surface area (Å²) in [5.74, 6) is -1.23. The molecule has 0 radical (unpaired) electrons. The number of carboxylic acid groups (broad SMARTS) is 1. The van der Waals surface area contributed by atoms with E-state index in [1.54, 1.807) is 0 Å². The Morgan fingerprint density at radius 2 is 2.12 bits per heavy atom. The molecule has 0 atom stereocenters. The Morgan fingerprint density at radius 1 is 1.41 bits per heavy atom. The number of benzene rings is 1. The minimum absolute atomic E-state index is 0.108. The van der Waals surface area contributed by atoms with Gasteiger partial charge in [0.1, 0.15) is 11.6 Å². The topological polar surface area (TPSA) is 37.3 Å². The molecule has 92 valence electrons. The molecule has 0 heterocycles. The SMILES string of the molecule is O=C(O)CC1(CSc2cc(F)ccc2F)CC1. The third-order valence-electron chi connectivity index (χ3n) is 2.91. The Balaban J connectivity index is 1.98. The van der Waals surface area contributed by atoms with Crippen LogP contribution >= 0.6 is 11.8 Å². The Bertz CT molecular complexity index is 444. The predicted molar refractivity (Wildman–Crippen MR) is 61.0 cm³/mol. The van der Waals surface area contributed by atoms with Crippen molar-refractivity contribution in [3.05, 3.63) is 29.8 Å². The van der Waals surface area contributed by atoms with Gasteiger partial charge in [-0.25, -0.2) is 8.78 Å². The monoisotopic (exact) mass is 258 g/mol. The third-order valence-corrected chi connectivity index (χ3v) is 4.29.